The van der Waals surface area contributed by atoms with Crippen LogP contribution in [0.25, 0.3) is 0 Å². The minimum atomic E-state index is -3.66. The number of aryl methyl sites for hydroxylation is 2. The molecule has 2 aromatic rings. The molecule has 1 aromatic carbocycles. The third kappa shape index (κ3) is 3.15. The number of nitrogens with zero attached hydrogens (tertiary/aromatic N) is 1. The zero-order valence-corrected chi connectivity index (χ0v) is 12.2. The van der Waals surface area contributed by atoms with Crippen LogP contribution in [0.2, 0.25) is 0 Å². The maximum Gasteiger partial charge on any atom is 0.263 e. The first-order valence-electron chi connectivity index (χ1n) is 6.17. The Morgan fingerprint density at radius 2 is 1.95 bits per heavy atom. The molecule has 20 heavy (non-hydrogen) atoms. The van der Waals surface area contributed by atoms with E-state index in [1.165, 1.54) is 0 Å². The molecule has 2 rings (SSSR count). The minimum Gasteiger partial charge on any atom is -0.326 e. The van der Waals surface area contributed by atoms with Crippen molar-refractivity contribution in [3.05, 3.63) is 53.2 Å². The third-order valence-electron chi connectivity index (χ3n) is 2.93. The SMILES string of the molecule is Cc1ccc(NS(=O)(=O)c2cc(CN)ccc2C)nc1. The van der Waals surface area contributed by atoms with E-state index in [0.29, 0.717) is 17.9 Å². The van der Waals surface area contributed by atoms with E-state index in [0.717, 1.165) is 11.1 Å². The Bertz CT molecular complexity index is 710. The quantitative estimate of drug-likeness (QED) is 0.901. The van der Waals surface area contributed by atoms with E-state index >= 15 is 0 Å². The van der Waals surface area contributed by atoms with Gasteiger partial charge in [-0.05, 0) is 42.7 Å². The van der Waals surface area contributed by atoms with Gasteiger partial charge in [0.05, 0.1) is 4.90 Å². The molecular formula is C14H17N3O2S. The number of benzene rings is 1. The number of sulfonamides is 1. The monoisotopic (exact) mass is 291 g/mol. The first-order valence-corrected chi connectivity index (χ1v) is 7.66. The molecule has 1 aromatic heterocycles. The summed E-state index contributed by atoms with van der Waals surface area (Å²) in [5, 5.41) is 0. The summed E-state index contributed by atoms with van der Waals surface area (Å²) < 4.78 is 27.2. The van der Waals surface area contributed by atoms with E-state index in [9.17, 15) is 8.42 Å². The van der Waals surface area contributed by atoms with Crippen LogP contribution in [0.15, 0.2) is 41.4 Å². The van der Waals surface area contributed by atoms with Crippen molar-refractivity contribution in [1.29, 1.82) is 0 Å². The van der Waals surface area contributed by atoms with Gasteiger partial charge in [0.15, 0.2) is 0 Å². The number of hydrogen-bond donors (Lipinski definition) is 2. The number of anilines is 1. The van der Waals surface area contributed by atoms with Gasteiger partial charge >= 0.3 is 0 Å². The van der Waals surface area contributed by atoms with Gasteiger partial charge in [0.2, 0.25) is 0 Å². The van der Waals surface area contributed by atoms with Gasteiger partial charge in [0, 0.05) is 12.7 Å². The lowest BCUT2D eigenvalue weighted by atomic mass is 10.1. The largest absolute Gasteiger partial charge is 0.326 e. The van der Waals surface area contributed by atoms with Gasteiger partial charge in [0.1, 0.15) is 5.82 Å². The van der Waals surface area contributed by atoms with Gasteiger partial charge < -0.3 is 5.73 Å². The van der Waals surface area contributed by atoms with Gasteiger partial charge in [-0.3, -0.25) is 4.72 Å². The summed E-state index contributed by atoms with van der Waals surface area (Å²) in [4.78, 5) is 4.27. The summed E-state index contributed by atoms with van der Waals surface area (Å²) in [6.07, 6.45) is 1.61. The molecule has 6 heteroatoms. The van der Waals surface area contributed by atoms with Gasteiger partial charge in [0.25, 0.3) is 10.0 Å². The molecule has 0 fully saturated rings. The van der Waals surface area contributed by atoms with E-state index in [2.05, 4.69) is 9.71 Å². The van der Waals surface area contributed by atoms with Crippen molar-refractivity contribution in [2.24, 2.45) is 5.73 Å². The highest BCUT2D eigenvalue weighted by Crippen LogP contribution is 2.20. The van der Waals surface area contributed by atoms with Crippen molar-refractivity contribution in [1.82, 2.24) is 4.98 Å². The summed E-state index contributed by atoms with van der Waals surface area (Å²) in [6, 6.07) is 8.59. The number of nitrogens with one attached hydrogen (secondary N) is 1. The van der Waals surface area contributed by atoms with Gasteiger partial charge in [-0.15, -0.1) is 0 Å². The molecular weight excluding hydrogens is 274 g/mol. The van der Waals surface area contributed by atoms with Crippen molar-refractivity contribution < 1.29 is 8.42 Å². The maximum absolute atomic E-state index is 12.4. The van der Waals surface area contributed by atoms with Crippen LogP contribution >= 0.6 is 0 Å². The van der Waals surface area contributed by atoms with Crippen LogP contribution in [0, 0.1) is 13.8 Å². The maximum atomic E-state index is 12.4. The number of rotatable bonds is 4. The second kappa shape index (κ2) is 5.60. The second-order valence-electron chi connectivity index (χ2n) is 4.63. The Kier molecular flexibility index (Phi) is 4.06. The molecule has 0 saturated heterocycles. The molecule has 0 atom stereocenters. The number of pyridine rings is 1. The van der Waals surface area contributed by atoms with Crippen molar-refractivity contribution in [3.8, 4) is 0 Å². The van der Waals surface area contributed by atoms with E-state index in [4.69, 9.17) is 5.73 Å². The number of hydrogen-bond acceptors (Lipinski definition) is 4. The van der Waals surface area contributed by atoms with Crippen molar-refractivity contribution in [2.75, 3.05) is 4.72 Å². The molecule has 0 radical (unpaired) electrons. The highest BCUT2D eigenvalue weighted by molar-refractivity contribution is 7.92. The predicted molar refractivity (Wildman–Crippen MR) is 78.9 cm³/mol. The first-order chi connectivity index (χ1) is 9.42. The van der Waals surface area contributed by atoms with Crippen molar-refractivity contribution >= 4 is 15.8 Å². The van der Waals surface area contributed by atoms with Crippen LogP contribution in [0.1, 0.15) is 16.7 Å². The molecule has 0 aliphatic carbocycles. The van der Waals surface area contributed by atoms with E-state index in [1.54, 1.807) is 37.4 Å². The summed E-state index contributed by atoms with van der Waals surface area (Å²) in [6.45, 7) is 3.93. The Hall–Kier alpha value is -1.92. The van der Waals surface area contributed by atoms with Crippen LogP contribution < -0.4 is 10.5 Å². The fourth-order valence-electron chi connectivity index (χ4n) is 1.78. The average molecular weight is 291 g/mol. The third-order valence-corrected chi connectivity index (χ3v) is 4.42. The summed E-state index contributed by atoms with van der Waals surface area (Å²) in [5.74, 6) is 0.299. The van der Waals surface area contributed by atoms with Crippen molar-refractivity contribution in [2.45, 2.75) is 25.3 Å². The number of aromatic nitrogens is 1. The second-order valence-corrected chi connectivity index (χ2v) is 6.28. The normalized spacial score (nSPS) is 11.3. The smallest absolute Gasteiger partial charge is 0.263 e. The molecule has 3 N–H and O–H groups in total. The van der Waals surface area contributed by atoms with Crippen LogP contribution in [-0.4, -0.2) is 13.4 Å². The molecule has 0 aliphatic rings. The lowest BCUT2D eigenvalue weighted by Crippen LogP contribution is -2.15. The van der Waals surface area contributed by atoms with E-state index < -0.39 is 10.0 Å². The van der Waals surface area contributed by atoms with E-state index in [-0.39, 0.29) is 4.90 Å². The minimum absolute atomic E-state index is 0.225. The molecule has 0 bridgehead atoms. The Morgan fingerprint density at radius 1 is 1.20 bits per heavy atom. The average Bonchev–Trinajstić information content (AvgIpc) is 2.41. The molecule has 0 unspecified atom stereocenters. The summed E-state index contributed by atoms with van der Waals surface area (Å²) >= 11 is 0. The fourth-order valence-corrected chi connectivity index (χ4v) is 3.09. The molecule has 0 amide bonds. The van der Waals surface area contributed by atoms with Crippen LogP contribution in [0.4, 0.5) is 5.82 Å². The van der Waals surface area contributed by atoms with Gasteiger partial charge in [-0.1, -0.05) is 18.2 Å². The lowest BCUT2D eigenvalue weighted by Gasteiger charge is -2.11. The van der Waals surface area contributed by atoms with Crippen molar-refractivity contribution in [3.63, 3.8) is 0 Å². The molecule has 5 nitrogen and oxygen atoms in total. The molecule has 0 saturated carbocycles. The van der Waals surface area contributed by atoms with Gasteiger partial charge in [-0.25, -0.2) is 13.4 Å². The first kappa shape index (κ1) is 14.5. The predicted octanol–water partition coefficient (Wildman–Crippen LogP) is 1.96. The highest BCUT2D eigenvalue weighted by atomic mass is 32.2. The Labute approximate surface area is 118 Å². The van der Waals surface area contributed by atoms with Crippen LogP contribution in [0.5, 0.6) is 0 Å². The topological polar surface area (TPSA) is 85.1 Å². The standard InChI is InChI=1S/C14H17N3O2S/c1-10-3-6-14(16-9-10)17-20(18,19)13-7-12(8-15)5-4-11(13)2/h3-7,9H,8,15H2,1-2H3,(H,16,17). The summed E-state index contributed by atoms with van der Waals surface area (Å²) in [7, 11) is -3.66. The molecule has 0 aliphatic heterocycles. The Balaban J connectivity index is 2.37. The lowest BCUT2D eigenvalue weighted by molar-refractivity contribution is 0.600. The Morgan fingerprint density at radius 3 is 2.55 bits per heavy atom. The summed E-state index contributed by atoms with van der Waals surface area (Å²) in [5.41, 5.74) is 7.96. The number of nitrogens with two attached hydrogens (primary N) is 1. The highest BCUT2D eigenvalue weighted by Gasteiger charge is 2.17. The van der Waals surface area contributed by atoms with Crippen LogP contribution in [0.3, 0.4) is 0 Å². The van der Waals surface area contributed by atoms with Gasteiger partial charge in [-0.2, -0.15) is 0 Å². The van der Waals surface area contributed by atoms with E-state index in [1.807, 2.05) is 13.0 Å². The zero-order chi connectivity index (χ0) is 14.8. The molecule has 0 spiro atoms. The molecule has 1 heterocycles. The fraction of sp³-hybridized carbons (Fsp3) is 0.214. The van der Waals surface area contributed by atoms with Crippen LogP contribution in [-0.2, 0) is 16.6 Å². The molecule has 106 valence electrons. The zero-order valence-electron chi connectivity index (χ0n) is 11.4.